The summed E-state index contributed by atoms with van der Waals surface area (Å²) in [4.78, 5) is 14.1. The fourth-order valence-electron chi connectivity index (χ4n) is 2.62. The molecule has 0 aliphatic carbocycles. The summed E-state index contributed by atoms with van der Waals surface area (Å²) in [5.74, 6) is 0.617. The van der Waals surface area contributed by atoms with Gasteiger partial charge >= 0.3 is 6.03 Å². The molecule has 0 saturated carbocycles. The van der Waals surface area contributed by atoms with E-state index < -0.39 is 0 Å². The number of anilines is 1. The van der Waals surface area contributed by atoms with E-state index >= 15 is 0 Å². The lowest BCUT2D eigenvalue weighted by molar-refractivity contribution is 0.182. The van der Waals surface area contributed by atoms with Crippen molar-refractivity contribution in [1.29, 1.82) is 0 Å². The molecule has 1 fully saturated rings. The van der Waals surface area contributed by atoms with Crippen molar-refractivity contribution in [3.63, 3.8) is 0 Å². The highest BCUT2D eigenvalue weighted by Crippen LogP contribution is 2.17. The van der Waals surface area contributed by atoms with Crippen molar-refractivity contribution in [3.8, 4) is 0 Å². The van der Waals surface area contributed by atoms with Gasteiger partial charge in [0, 0.05) is 18.8 Å². The van der Waals surface area contributed by atoms with Crippen molar-refractivity contribution >= 4 is 11.7 Å². The number of likely N-dealkylation sites (tertiary alicyclic amines) is 1. The Bertz CT molecular complexity index is 413. The molecular weight excluding hydrogens is 236 g/mol. The number of amides is 2. The normalized spacial score (nSPS) is 19.3. The second kappa shape index (κ2) is 6.60. The van der Waals surface area contributed by atoms with Crippen LogP contribution in [0, 0.1) is 5.92 Å². The smallest absolute Gasteiger partial charge is 0.321 e. The number of benzene rings is 1. The predicted molar refractivity (Wildman–Crippen MR) is 79.4 cm³/mol. The molecule has 1 aromatic carbocycles. The molecule has 1 saturated heterocycles. The third kappa shape index (κ3) is 3.98. The van der Waals surface area contributed by atoms with Crippen molar-refractivity contribution in [2.45, 2.75) is 39.5 Å². The van der Waals surface area contributed by atoms with Gasteiger partial charge in [0.1, 0.15) is 0 Å². The topological polar surface area (TPSA) is 32.3 Å². The molecule has 1 N–H and O–H groups in total. The molecule has 0 radical (unpaired) electrons. The number of piperidine rings is 1. The third-order valence-corrected chi connectivity index (χ3v) is 3.69. The predicted octanol–water partition coefficient (Wildman–Crippen LogP) is 3.90. The molecule has 0 aromatic heterocycles. The molecule has 3 heteroatoms. The number of hydrogen-bond acceptors (Lipinski definition) is 1. The van der Waals surface area contributed by atoms with Crippen molar-refractivity contribution < 1.29 is 4.79 Å². The molecule has 19 heavy (non-hydrogen) atoms. The lowest BCUT2D eigenvalue weighted by atomic mass is 10.0. The van der Waals surface area contributed by atoms with E-state index in [-0.39, 0.29) is 6.03 Å². The first-order valence-electron chi connectivity index (χ1n) is 7.34. The van der Waals surface area contributed by atoms with Crippen LogP contribution >= 0.6 is 0 Å². The van der Waals surface area contributed by atoms with Gasteiger partial charge in [-0.2, -0.15) is 0 Å². The van der Waals surface area contributed by atoms with Crippen molar-refractivity contribution in [2.75, 3.05) is 18.4 Å². The van der Waals surface area contributed by atoms with Crippen molar-refractivity contribution in [2.24, 2.45) is 5.92 Å². The molecule has 1 aliphatic rings. The van der Waals surface area contributed by atoms with Crippen LogP contribution < -0.4 is 5.32 Å². The van der Waals surface area contributed by atoms with Gasteiger partial charge in [-0.05, 0) is 42.9 Å². The first kappa shape index (κ1) is 13.9. The molecule has 1 aromatic rings. The number of aryl methyl sites for hydroxylation is 1. The van der Waals surface area contributed by atoms with Crippen LogP contribution in [-0.2, 0) is 6.42 Å². The Hall–Kier alpha value is -1.51. The van der Waals surface area contributed by atoms with E-state index in [0.717, 1.165) is 38.0 Å². The Morgan fingerprint density at radius 2 is 2.11 bits per heavy atom. The summed E-state index contributed by atoms with van der Waals surface area (Å²) in [5.41, 5.74) is 2.22. The van der Waals surface area contributed by atoms with E-state index in [0.29, 0.717) is 5.92 Å². The molecule has 104 valence electrons. The van der Waals surface area contributed by atoms with Crippen LogP contribution in [0.2, 0.25) is 0 Å². The van der Waals surface area contributed by atoms with Crippen molar-refractivity contribution in [3.05, 3.63) is 29.8 Å². The van der Waals surface area contributed by atoms with Crippen LogP contribution in [0.3, 0.4) is 0 Å². The van der Waals surface area contributed by atoms with Crippen molar-refractivity contribution in [1.82, 2.24) is 4.90 Å². The van der Waals surface area contributed by atoms with Crippen LogP contribution in [0.4, 0.5) is 10.5 Å². The molecule has 1 atom stereocenters. The SMILES string of the molecule is CCCc1ccc(NC(=O)N2CCCC(C)C2)cc1. The number of carbonyl (C=O) groups excluding carboxylic acids is 1. The van der Waals surface area contributed by atoms with Gasteiger partial charge in [0.2, 0.25) is 0 Å². The minimum Gasteiger partial charge on any atom is -0.324 e. The standard InChI is InChI=1S/C16H24N2O/c1-3-5-14-7-9-15(10-8-14)17-16(19)18-11-4-6-13(2)12-18/h7-10,13H,3-6,11-12H2,1-2H3,(H,17,19). The Kier molecular flexibility index (Phi) is 4.83. The number of carbonyl (C=O) groups is 1. The second-order valence-corrected chi connectivity index (χ2v) is 5.57. The van der Waals surface area contributed by atoms with E-state index in [1.54, 1.807) is 0 Å². The van der Waals surface area contributed by atoms with E-state index in [9.17, 15) is 4.79 Å². The maximum atomic E-state index is 12.1. The van der Waals surface area contributed by atoms with Gasteiger partial charge in [0.05, 0.1) is 0 Å². The molecule has 2 amide bonds. The van der Waals surface area contributed by atoms with Crippen LogP contribution in [0.5, 0.6) is 0 Å². The van der Waals surface area contributed by atoms with Gasteiger partial charge in [-0.15, -0.1) is 0 Å². The molecule has 0 bridgehead atoms. The van der Waals surface area contributed by atoms with E-state index in [1.807, 2.05) is 17.0 Å². The minimum atomic E-state index is 0.0368. The summed E-state index contributed by atoms with van der Waals surface area (Å²) in [7, 11) is 0. The second-order valence-electron chi connectivity index (χ2n) is 5.57. The zero-order valence-electron chi connectivity index (χ0n) is 12.0. The monoisotopic (exact) mass is 260 g/mol. The summed E-state index contributed by atoms with van der Waals surface area (Å²) in [5, 5.41) is 2.99. The summed E-state index contributed by atoms with van der Waals surface area (Å²) in [6.45, 7) is 6.13. The zero-order chi connectivity index (χ0) is 13.7. The van der Waals surface area contributed by atoms with Gasteiger partial charge < -0.3 is 10.2 Å². The van der Waals surface area contributed by atoms with Gasteiger partial charge in [0.15, 0.2) is 0 Å². The average molecular weight is 260 g/mol. The van der Waals surface area contributed by atoms with Crippen LogP contribution in [0.1, 0.15) is 38.7 Å². The summed E-state index contributed by atoms with van der Waals surface area (Å²) < 4.78 is 0. The highest BCUT2D eigenvalue weighted by atomic mass is 16.2. The van der Waals surface area contributed by atoms with Gasteiger partial charge in [-0.25, -0.2) is 4.79 Å². The zero-order valence-corrected chi connectivity index (χ0v) is 12.0. The fraction of sp³-hybridized carbons (Fsp3) is 0.562. The Morgan fingerprint density at radius 3 is 2.74 bits per heavy atom. The van der Waals surface area contributed by atoms with Crippen LogP contribution in [0.15, 0.2) is 24.3 Å². The van der Waals surface area contributed by atoms with E-state index in [1.165, 1.54) is 12.0 Å². The van der Waals surface area contributed by atoms with E-state index in [4.69, 9.17) is 0 Å². The van der Waals surface area contributed by atoms with Gasteiger partial charge in [-0.1, -0.05) is 32.4 Å². The van der Waals surface area contributed by atoms with Gasteiger partial charge in [0.25, 0.3) is 0 Å². The molecular formula is C16H24N2O. The van der Waals surface area contributed by atoms with E-state index in [2.05, 4.69) is 31.3 Å². The largest absolute Gasteiger partial charge is 0.324 e. The molecule has 3 nitrogen and oxygen atoms in total. The molecule has 1 aliphatic heterocycles. The highest BCUT2D eigenvalue weighted by Gasteiger charge is 2.20. The fourth-order valence-corrected chi connectivity index (χ4v) is 2.62. The van der Waals surface area contributed by atoms with Crippen LogP contribution in [0.25, 0.3) is 0 Å². The first-order valence-corrected chi connectivity index (χ1v) is 7.34. The summed E-state index contributed by atoms with van der Waals surface area (Å²) in [6, 6.07) is 8.22. The lowest BCUT2D eigenvalue weighted by Gasteiger charge is -2.30. The Morgan fingerprint density at radius 1 is 1.37 bits per heavy atom. The number of nitrogens with one attached hydrogen (secondary N) is 1. The quantitative estimate of drug-likeness (QED) is 0.878. The Balaban J connectivity index is 1.90. The maximum absolute atomic E-state index is 12.1. The number of urea groups is 1. The highest BCUT2D eigenvalue weighted by molar-refractivity contribution is 5.89. The molecule has 2 rings (SSSR count). The lowest BCUT2D eigenvalue weighted by Crippen LogP contribution is -2.41. The third-order valence-electron chi connectivity index (χ3n) is 3.69. The summed E-state index contributed by atoms with van der Waals surface area (Å²) >= 11 is 0. The number of hydrogen-bond donors (Lipinski definition) is 1. The summed E-state index contributed by atoms with van der Waals surface area (Å²) in [6.07, 6.45) is 4.59. The number of nitrogens with zero attached hydrogens (tertiary/aromatic N) is 1. The van der Waals surface area contributed by atoms with Gasteiger partial charge in [-0.3, -0.25) is 0 Å². The maximum Gasteiger partial charge on any atom is 0.321 e. The number of rotatable bonds is 3. The van der Waals surface area contributed by atoms with Crippen LogP contribution in [-0.4, -0.2) is 24.0 Å². The Labute approximate surface area is 116 Å². The molecule has 0 spiro atoms. The molecule has 1 unspecified atom stereocenters. The first-order chi connectivity index (χ1) is 9.19. The average Bonchev–Trinajstić information content (AvgIpc) is 2.41. The molecule has 1 heterocycles. The minimum absolute atomic E-state index is 0.0368.